The van der Waals surface area contributed by atoms with Crippen LogP contribution in [0.15, 0.2) is 52.3 Å². The molecular formula is C17H19ClFNS. The van der Waals surface area contributed by atoms with Crippen molar-refractivity contribution in [3.8, 4) is 0 Å². The third-order valence-corrected chi connectivity index (χ3v) is 4.29. The van der Waals surface area contributed by atoms with E-state index in [0.717, 1.165) is 33.5 Å². The van der Waals surface area contributed by atoms with Gasteiger partial charge in [-0.1, -0.05) is 43.3 Å². The van der Waals surface area contributed by atoms with Crippen LogP contribution in [0.5, 0.6) is 0 Å². The second kappa shape index (κ2) is 7.83. The van der Waals surface area contributed by atoms with E-state index in [-0.39, 0.29) is 5.82 Å². The zero-order chi connectivity index (χ0) is 15.2. The largest absolute Gasteiger partial charge is 0.312 e. The number of benzene rings is 2. The molecule has 0 aliphatic rings. The van der Waals surface area contributed by atoms with E-state index in [4.69, 9.17) is 11.6 Å². The maximum Gasteiger partial charge on any atom is 0.123 e. The lowest BCUT2D eigenvalue weighted by Gasteiger charge is -2.10. The van der Waals surface area contributed by atoms with Crippen LogP contribution in [-0.2, 0) is 6.54 Å². The fourth-order valence-corrected chi connectivity index (χ4v) is 3.04. The summed E-state index contributed by atoms with van der Waals surface area (Å²) in [6.07, 6.45) is 0. The van der Waals surface area contributed by atoms with Gasteiger partial charge in [0.2, 0.25) is 0 Å². The van der Waals surface area contributed by atoms with Gasteiger partial charge in [0.15, 0.2) is 0 Å². The first-order chi connectivity index (χ1) is 10.0. The predicted molar refractivity (Wildman–Crippen MR) is 88.5 cm³/mol. The molecule has 0 radical (unpaired) electrons. The lowest BCUT2D eigenvalue weighted by Crippen LogP contribution is -2.19. The molecule has 0 fully saturated rings. The normalized spacial score (nSPS) is 11.1. The minimum atomic E-state index is -0.219. The van der Waals surface area contributed by atoms with E-state index >= 15 is 0 Å². The van der Waals surface area contributed by atoms with Crippen LogP contribution in [-0.4, -0.2) is 6.54 Å². The van der Waals surface area contributed by atoms with Crippen LogP contribution in [0.4, 0.5) is 4.39 Å². The summed E-state index contributed by atoms with van der Waals surface area (Å²) in [6, 6.07) is 12.5. The zero-order valence-electron chi connectivity index (χ0n) is 12.2. The Morgan fingerprint density at radius 3 is 2.38 bits per heavy atom. The van der Waals surface area contributed by atoms with E-state index in [9.17, 15) is 4.39 Å². The minimum absolute atomic E-state index is 0.219. The minimum Gasteiger partial charge on any atom is -0.312 e. The Kier molecular flexibility index (Phi) is 6.09. The van der Waals surface area contributed by atoms with Gasteiger partial charge >= 0.3 is 0 Å². The van der Waals surface area contributed by atoms with Crippen LogP contribution in [0.25, 0.3) is 0 Å². The van der Waals surface area contributed by atoms with Crippen molar-refractivity contribution < 1.29 is 4.39 Å². The Bertz CT molecular complexity index is 584. The van der Waals surface area contributed by atoms with E-state index in [0.29, 0.717) is 5.92 Å². The maximum atomic E-state index is 12.9. The van der Waals surface area contributed by atoms with Gasteiger partial charge in [0.1, 0.15) is 5.82 Å². The summed E-state index contributed by atoms with van der Waals surface area (Å²) in [7, 11) is 0. The average molecular weight is 324 g/mol. The number of rotatable bonds is 6. The first-order valence-corrected chi connectivity index (χ1v) is 8.16. The Balaban J connectivity index is 1.99. The summed E-state index contributed by atoms with van der Waals surface area (Å²) in [4.78, 5) is 2.05. The predicted octanol–water partition coefficient (Wildman–Crippen LogP) is 5.38. The van der Waals surface area contributed by atoms with Gasteiger partial charge in [0, 0.05) is 21.4 Å². The summed E-state index contributed by atoms with van der Waals surface area (Å²) in [5, 5.41) is 4.15. The molecule has 0 spiro atoms. The first kappa shape index (κ1) is 16.3. The quantitative estimate of drug-likeness (QED) is 0.766. The monoisotopic (exact) mass is 323 g/mol. The lowest BCUT2D eigenvalue weighted by molar-refractivity contribution is 0.552. The molecule has 0 saturated carbocycles. The van der Waals surface area contributed by atoms with Crippen molar-refractivity contribution in [2.75, 3.05) is 6.54 Å². The van der Waals surface area contributed by atoms with Gasteiger partial charge in [-0.05, 0) is 54.4 Å². The van der Waals surface area contributed by atoms with Gasteiger partial charge < -0.3 is 5.32 Å². The number of hydrogen-bond acceptors (Lipinski definition) is 2. The molecule has 2 aromatic rings. The van der Waals surface area contributed by atoms with Crippen LogP contribution in [0.2, 0.25) is 5.02 Å². The Hall–Kier alpha value is -1.03. The molecule has 0 aliphatic heterocycles. The van der Waals surface area contributed by atoms with Crippen LogP contribution in [0.3, 0.4) is 0 Å². The Morgan fingerprint density at radius 1 is 1.10 bits per heavy atom. The van der Waals surface area contributed by atoms with Crippen molar-refractivity contribution in [2.24, 2.45) is 5.92 Å². The van der Waals surface area contributed by atoms with Crippen molar-refractivity contribution in [3.05, 3.63) is 58.9 Å². The molecule has 2 aromatic carbocycles. The summed E-state index contributed by atoms with van der Waals surface area (Å²) in [5.41, 5.74) is 1.10. The highest BCUT2D eigenvalue weighted by Crippen LogP contribution is 2.30. The average Bonchev–Trinajstić information content (AvgIpc) is 2.43. The van der Waals surface area contributed by atoms with E-state index in [1.54, 1.807) is 23.9 Å². The smallest absolute Gasteiger partial charge is 0.123 e. The molecule has 21 heavy (non-hydrogen) atoms. The van der Waals surface area contributed by atoms with Crippen LogP contribution >= 0.6 is 23.4 Å². The molecule has 112 valence electrons. The third-order valence-electron chi connectivity index (χ3n) is 2.94. The van der Waals surface area contributed by atoms with E-state index < -0.39 is 0 Å². The summed E-state index contributed by atoms with van der Waals surface area (Å²) >= 11 is 7.90. The second-order valence-corrected chi connectivity index (χ2v) is 6.89. The topological polar surface area (TPSA) is 12.0 Å². The van der Waals surface area contributed by atoms with Crippen LogP contribution in [0.1, 0.15) is 19.4 Å². The third kappa shape index (κ3) is 5.34. The molecule has 0 atom stereocenters. The van der Waals surface area contributed by atoms with Gasteiger partial charge in [-0.2, -0.15) is 0 Å². The highest BCUT2D eigenvalue weighted by molar-refractivity contribution is 7.99. The molecule has 0 aromatic heterocycles. The van der Waals surface area contributed by atoms with Gasteiger partial charge in [-0.25, -0.2) is 4.39 Å². The summed E-state index contributed by atoms with van der Waals surface area (Å²) < 4.78 is 12.9. The number of halogens is 2. The first-order valence-electron chi connectivity index (χ1n) is 6.97. The zero-order valence-corrected chi connectivity index (χ0v) is 13.8. The molecule has 0 aliphatic carbocycles. The van der Waals surface area contributed by atoms with Crippen molar-refractivity contribution in [1.29, 1.82) is 0 Å². The molecule has 4 heteroatoms. The fourth-order valence-electron chi connectivity index (χ4n) is 1.87. The Labute approximate surface area is 134 Å². The molecule has 0 amide bonds. The van der Waals surface area contributed by atoms with Crippen LogP contribution in [0, 0.1) is 11.7 Å². The standard InChI is InChI=1S/C17H19ClFNS/c1-12(2)10-20-11-13-3-6-16(9-17(13)18)21-15-7-4-14(19)5-8-15/h3-9,12,20H,10-11H2,1-2H3. The van der Waals surface area contributed by atoms with E-state index in [1.165, 1.54) is 12.1 Å². The van der Waals surface area contributed by atoms with E-state index in [2.05, 4.69) is 19.2 Å². The van der Waals surface area contributed by atoms with Gasteiger partial charge in [0.25, 0.3) is 0 Å². The van der Waals surface area contributed by atoms with Gasteiger partial charge in [-0.15, -0.1) is 0 Å². The van der Waals surface area contributed by atoms with Gasteiger partial charge in [0.05, 0.1) is 0 Å². The fraction of sp³-hybridized carbons (Fsp3) is 0.294. The van der Waals surface area contributed by atoms with Crippen molar-refractivity contribution in [2.45, 2.75) is 30.2 Å². The summed E-state index contributed by atoms with van der Waals surface area (Å²) in [5.74, 6) is 0.404. The molecule has 0 saturated heterocycles. The van der Waals surface area contributed by atoms with Crippen molar-refractivity contribution in [3.63, 3.8) is 0 Å². The van der Waals surface area contributed by atoms with Gasteiger partial charge in [-0.3, -0.25) is 0 Å². The van der Waals surface area contributed by atoms with Crippen LogP contribution < -0.4 is 5.32 Å². The molecule has 1 nitrogen and oxygen atoms in total. The highest BCUT2D eigenvalue weighted by atomic mass is 35.5. The maximum absolute atomic E-state index is 12.9. The number of nitrogens with one attached hydrogen (secondary N) is 1. The molecule has 0 heterocycles. The Morgan fingerprint density at radius 2 is 1.76 bits per heavy atom. The van der Waals surface area contributed by atoms with Crippen molar-refractivity contribution >= 4 is 23.4 Å². The highest BCUT2D eigenvalue weighted by Gasteiger charge is 2.04. The molecule has 2 rings (SSSR count). The second-order valence-electron chi connectivity index (χ2n) is 5.33. The lowest BCUT2D eigenvalue weighted by atomic mass is 10.2. The summed E-state index contributed by atoms with van der Waals surface area (Å²) in [6.45, 7) is 6.11. The number of hydrogen-bond donors (Lipinski definition) is 1. The SMILES string of the molecule is CC(C)CNCc1ccc(Sc2ccc(F)cc2)cc1Cl. The molecular weight excluding hydrogens is 305 g/mol. The van der Waals surface area contributed by atoms with E-state index in [1.807, 2.05) is 18.2 Å². The molecule has 0 bridgehead atoms. The van der Waals surface area contributed by atoms with Crippen molar-refractivity contribution in [1.82, 2.24) is 5.32 Å². The molecule has 0 unspecified atom stereocenters. The molecule has 1 N–H and O–H groups in total.